The van der Waals surface area contributed by atoms with Gasteiger partial charge in [0.05, 0.1) is 11.9 Å². The van der Waals surface area contributed by atoms with Crippen LogP contribution < -0.4 is 5.56 Å². The highest BCUT2D eigenvalue weighted by Gasteiger charge is 2.08. The summed E-state index contributed by atoms with van der Waals surface area (Å²) in [7, 11) is 0. The molecule has 0 amide bonds. The summed E-state index contributed by atoms with van der Waals surface area (Å²) in [5.74, 6) is 0. The summed E-state index contributed by atoms with van der Waals surface area (Å²) < 4.78 is 2.03. The highest BCUT2D eigenvalue weighted by Crippen LogP contribution is 2.15. The lowest BCUT2D eigenvalue weighted by Crippen LogP contribution is -2.22. The Morgan fingerprint density at radius 2 is 2.32 bits per heavy atom. The van der Waals surface area contributed by atoms with Crippen LogP contribution in [0.1, 0.15) is 11.1 Å². The molecule has 0 radical (unpaired) electrons. The van der Waals surface area contributed by atoms with Crippen molar-refractivity contribution in [1.82, 2.24) is 14.5 Å². The number of pyridine rings is 1. The molecule has 19 heavy (non-hydrogen) atoms. The zero-order valence-corrected chi connectivity index (χ0v) is 11.8. The maximum Gasteiger partial charge on any atom is 0.263 e. The quantitative estimate of drug-likeness (QED) is 0.738. The van der Waals surface area contributed by atoms with Gasteiger partial charge >= 0.3 is 0 Å². The second-order valence-electron chi connectivity index (χ2n) is 4.29. The number of nitrogens with zero attached hydrogens (tertiary/aromatic N) is 2. The molecular weight excluding hydrogens is 278 g/mol. The molecule has 6 heteroatoms. The Bertz CT molecular complexity index is 860. The van der Waals surface area contributed by atoms with E-state index >= 15 is 0 Å². The number of hydrogen-bond acceptors (Lipinski definition) is 4. The van der Waals surface area contributed by atoms with E-state index in [2.05, 4.69) is 9.97 Å². The number of aryl methyl sites for hydroxylation is 1. The molecule has 96 valence electrons. The molecule has 0 saturated heterocycles. The van der Waals surface area contributed by atoms with E-state index in [1.54, 1.807) is 17.0 Å². The third-order valence-electron chi connectivity index (χ3n) is 3.08. The van der Waals surface area contributed by atoms with E-state index in [0.29, 0.717) is 16.7 Å². The van der Waals surface area contributed by atoms with Crippen molar-refractivity contribution in [1.29, 1.82) is 0 Å². The van der Waals surface area contributed by atoms with Gasteiger partial charge in [-0.05, 0) is 47.8 Å². The summed E-state index contributed by atoms with van der Waals surface area (Å²) in [5, 5.41) is 2.57. The smallest absolute Gasteiger partial charge is 0.263 e. The third kappa shape index (κ3) is 2.13. The largest absolute Gasteiger partial charge is 0.323 e. The number of fused-ring (bicyclic) bond motifs is 1. The van der Waals surface area contributed by atoms with E-state index in [-0.39, 0.29) is 5.56 Å². The molecule has 3 aromatic heterocycles. The van der Waals surface area contributed by atoms with Crippen LogP contribution in [0.25, 0.3) is 10.2 Å². The normalized spacial score (nSPS) is 11.0. The Morgan fingerprint density at radius 1 is 1.47 bits per heavy atom. The van der Waals surface area contributed by atoms with Crippen molar-refractivity contribution in [2.75, 3.05) is 0 Å². The van der Waals surface area contributed by atoms with E-state index in [9.17, 15) is 4.79 Å². The van der Waals surface area contributed by atoms with Crippen LogP contribution in [-0.4, -0.2) is 14.5 Å². The summed E-state index contributed by atoms with van der Waals surface area (Å²) in [6.07, 6.45) is 3.51. The molecule has 0 unspecified atom stereocenters. The van der Waals surface area contributed by atoms with Crippen molar-refractivity contribution in [3.8, 4) is 0 Å². The van der Waals surface area contributed by atoms with Crippen LogP contribution in [0.15, 0.2) is 34.7 Å². The fourth-order valence-corrected chi connectivity index (χ4v) is 3.05. The number of H-pyrrole nitrogens is 1. The summed E-state index contributed by atoms with van der Waals surface area (Å²) in [6, 6.07) is 3.75. The zero-order valence-electron chi connectivity index (χ0n) is 10.2. The molecule has 0 aliphatic rings. The van der Waals surface area contributed by atoms with Gasteiger partial charge in [-0.1, -0.05) is 0 Å². The maximum atomic E-state index is 12.4. The molecule has 0 aliphatic heterocycles. The third-order valence-corrected chi connectivity index (χ3v) is 4.23. The minimum absolute atomic E-state index is 0.0525. The van der Waals surface area contributed by atoms with E-state index < -0.39 is 0 Å². The highest BCUT2D eigenvalue weighted by molar-refractivity contribution is 7.71. The van der Waals surface area contributed by atoms with E-state index in [4.69, 9.17) is 12.2 Å². The van der Waals surface area contributed by atoms with Gasteiger partial charge in [-0.2, -0.15) is 0 Å². The number of aromatic amines is 1. The van der Waals surface area contributed by atoms with Crippen molar-refractivity contribution in [3.63, 3.8) is 0 Å². The number of nitrogens with one attached hydrogen (secondary N) is 1. The lowest BCUT2D eigenvalue weighted by molar-refractivity contribution is 0.729. The first-order chi connectivity index (χ1) is 9.16. The number of aromatic nitrogens is 3. The molecule has 0 spiro atoms. The summed E-state index contributed by atoms with van der Waals surface area (Å²) in [6.45, 7) is 2.44. The zero-order chi connectivity index (χ0) is 13.4. The predicted molar refractivity (Wildman–Crippen MR) is 79.3 cm³/mol. The molecule has 0 atom stereocenters. The van der Waals surface area contributed by atoms with Crippen molar-refractivity contribution >= 4 is 33.8 Å². The van der Waals surface area contributed by atoms with Crippen molar-refractivity contribution in [2.24, 2.45) is 0 Å². The fourth-order valence-electron chi connectivity index (χ4n) is 1.95. The van der Waals surface area contributed by atoms with Crippen LogP contribution in [0.5, 0.6) is 0 Å². The predicted octanol–water partition coefficient (Wildman–Crippen LogP) is 2.87. The fraction of sp³-hybridized carbons (Fsp3) is 0.154. The van der Waals surface area contributed by atoms with Gasteiger partial charge in [-0.25, -0.2) is 0 Å². The average molecular weight is 289 g/mol. The molecule has 0 fully saturated rings. The standard InChI is InChI=1S/C13H11N3OS2/c1-8-2-4-14-6-9(8)7-16-12(17)10-3-5-19-11(10)15-13(16)18/h2-6H,7H2,1H3,(H,15,18). The summed E-state index contributed by atoms with van der Waals surface area (Å²) >= 11 is 6.75. The SMILES string of the molecule is Cc1ccncc1Cn1c(=S)[nH]c2sccc2c1=O. The number of hydrogen-bond donors (Lipinski definition) is 1. The van der Waals surface area contributed by atoms with Gasteiger partial charge in [0.15, 0.2) is 4.77 Å². The first-order valence-corrected chi connectivity index (χ1v) is 7.05. The topological polar surface area (TPSA) is 50.7 Å². The number of thiophene rings is 1. The molecule has 3 heterocycles. The number of rotatable bonds is 2. The van der Waals surface area contributed by atoms with E-state index in [1.807, 2.05) is 24.4 Å². The summed E-state index contributed by atoms with van der Waals surface area (Å²) in [5.41, 5.74) is 2.05. The highest BCUT2D eigenvalue weighted by atomic mass is 32.1. The van der Waals surface area contributed by atoms with Gasteiger partial charge in [0.2, 0.25) is 0 Å². The van der Waals surface area contributed by atoms with Gasteiger partial charge < -0.3 is 4.98 Å². The lowest BCUT2D eigenvalue weighted by Gasteiger charge is -2.08. The first-order valence-electron chi connectivity index (χ1n) is 5.76. The Kier molecular flexibility index (Phi) is 3.04. The van der Waals surface area contributed by atoms with Crippen molar-refractivity contribution in [2.45, 2.75) is 13.5 Å². The summed E-state index contributed by atoms with van der Waals surface area (Å²) in [4.78, 5) is 20.4. The van der Waals surface area contributed by atoms with E-state index in [0.717, 1.165) is 16.0 Å². The Morgan fingerprint density at radius 3 is 3.11 bits per heavy atom. The molecule has 3 rings (SSSR count). The lowest BCUT2D eigenvalue weighted by atomic mass is 10.1. The molecule has 1 N–H and O–H groups in total. The molecule has 0 aromatic carbocycles. The molecule has 4 nitrogen and oxygen atoms in total. The molecule has 0 saturated carbocycles. The van der Waals surface area contributed by atoms with Crippen LogP contribution in [-0.2, 0) is 6.54 Å². The Hall–Kier alpha value is -1.79. The van der Waals surface area contributed by atoms with E-state index in [1.165, 1.54) is 11.3 Å². The second-order valence-corrected chi connectivity index (χ2v) is 5.59. The van der Waals surface area contributed by atoms with Gasteiger partial charge in [-0.15, -0.1) is 11.3 Å². The van der Waals surface area contributed by atoms with Crippen LogP contribution >= 0.6 is 23.6 Å². The average Bonchev–Trinajstić information content (AvgIpc) is 2.84. The first kappa shape index (κ1) is 12.3. The van der Waals surface area contributed by atoms with Crippen LogP contribution in [0.4, 0.5) is 0 Å². The maximum absolute atomic E-state index is 12.4. The second kappa shape index (κ2) is 4.71. The van der Waals surface area contributed by atoms with Crippen LogP contribution in [0.3, 0.4) is 0 Å². The molecule has 0 aliphatic carbocycles. The Balaban J connectivity index is 2.18. The van der Waals surface area contributed by atoms with Crippen molar-refractivity contribution < 1.29 is 0 Å². The molecule has 0 bridgehead atoms. The minimum Gasteiger partial charge on any atom is -0.323 e. The van der Waals surface area contributed by atoms with Crippen LogP contribution in [0, 0.1) is 11.7 Å². The van der Waals surface area contributed by atoms with Gasteiger partial charge in [0.1, 0.15) is 4.83 Å². The van der Waals surface area contributed by atoms with Crippen molar-refractivity contribution in [3.05, 3.63) is 56.2 Å². The van der Waals surface area contributed by atoms with Gasteiger partial charge in [0, 0.05) is 12.4 Å². The minimum atomic E-state index is -0.0525. The van der Waals surface area contributed by atoms with Crippen LogP contribution in [0.2, 0.25) is 0 Å². The van der Waals surface area contributed by atoms with Gasteiger partial charge in [-0.3, -0.25) is 14.3 Å². The monoisotopic (exact) mass is 289 g/mol. The molecular formula is C13H11N3OS2. The van der Waals surface area contributed by atoms with Gasteiger partial charge in [0.25, 0.3) is 5.56 Å². The Labute approximate surface area is 118 Å². The molecule has 3 aromatic rings.